The Hall–Kier alpha value is -3.40. The van der Waals surface area contributed by atoms with Crippen LogP contribution in [0.5, 0.6) is 0 Å². The van der Waals surface area contributed by atoms with E-state index in [0.29, 0.717) is 10.7 Å². The molecule has 0 unspecified atom stereocenters. The van der Waals surface area contributed by atoms with Crippen LogP contribution in [0.1, 0.15) is 16.7 Å². The van der Waals surface area contributed by atoms with Gasteiger partial charge in [0.25, 0.3) is 5.95 Å². The molecule has 0 fully saturated rings. The van der Waals surface area contributed by atoms with Crippen LogP contribution in [0, 0.1) is 19.7 Å². The molecule has 2 aromatic carbocycles. The predicted molar refractivity (Wildman–Crippen MR) is 113 cm³/mol. The average molecular weight is 413 g/mol. The summed E-state index contributed by atoms with van der Waals surface area (Å²) in [6.45, 7) is 3.94. The lowest BCUT2D eigenvalue weighted by Gasteiger charge is -2.08. The molecule has 4 N–H and O–H groups in total. The molecule has 0 bridgehead atoms. The van der Waals surface area contributed by atoms with E-state index in [1.165, 1.54) is 23.0 Å². The number of nitrogen functional groups attached to an aromatic ring is 1. The van der Waals surface area contributed by atoms with Crippen molar-refractivity contribution in [3.63, 3.8) is 0 Å². The minimum absolute atomic E-state index is 0.126. The lowest BCUT2D eigenvalue weighted by molar-refractivity contribution is -0.113. The van der Waals surface area contributed by atoms with E-state index in [0.717, 1.165) is 28.6 Å². The van der Waals surface area contributed by atoms with Crippen LogP contribution < -0.4 is 16.6 Å². The highest BCUT2D eigenvalue weighted by atomic mass is 32.2. The monoisotopic (exact) mass is 413 g/mol. The third kappa shape index (κ3) is 5.55. The molecule has 8 nitrogen and oxygen atoms in total. The number of amides is 1. The molecule has 3 aromatic rings. The topological polar surface area (TPSA) is 110 Å². The number of carbonyl (C=O) groups is 1. The van der Waals surface area contributed by atoms with Gasteiger partial charge in [-0.25, -0.2) is 14.5 Å². The highest BCUT2D eigenvalue weighted by Gasteiger charge is 2.12. The molecule has 1 heterocycles. The fraction of sp³-hybridized carbons (Fsp3) is 0.158. The maximum atomic E-state index is 12.9. The minimum Gasteiger partial charge on any atom is -0.334 e. The first-order chi connectivity index (χ1) is 13.9. The van der Waals surface area contributed by atoms with Gasteiger partial charge in [-0.1, -0.05) is 41.6 Å². The molecule has 0 saturated carbocycles. The Kier molecular flexibility index (Phi) is 6.45. The lowest BCUT2D eigenvalue weighted by atomic mass is 10.1. The number of thioether (sulfide) groups is 1. The van der Waals surface area contributed by atoms with E-state index in [1.54, 1.807) is 12.1 Å². The molecular formula is C19H20FN7OS. The predicted octanol–water partition coefficient (Wildman–Crippen LogP) is 2.92. The second-order valence-electron chi connectivity index (χ2n) is 6.25. The molecule has 0 spiro atoms. The van der Waals surface area contributed by atoms with Crippen molar-refractivity contribution in [2.24, 2.45) is 5.10 Å². The number of nitrogens with zero attached hydrogens (tertiary/aromatic N) is 4. The summed E-state index contributed by atoms with van der Waals surface area (Å²) in [6, 6.07) is 11.7. The Morgan fingerprint density at radius 1 is 1.24 bits per heavy atom. The Labute approximate surface area is 171 Å². The summed E-state index contributed by atoms with van der Waals surface area (Å²) in [4.78, 5) is 12.2. The van der Waals surface area contributed by atoms with Crippen LogP contribution in [0.25, 0.3) is 0 Å². The second kappa shape index (κ2) is 9.20. The van der Waals surface area contributed by atoms with E-state index in [1.807, 2.05) is 32.0 Å². The quantitative estimate of drug-likeness (QED) is 0.238. The van der Waals surface area contributed by atoms with Crippen LogP contribution in [-0.4, -0.2) is 32.7 Å². The van der Waals surface area contributed by atoms with E-state index < -0.39 is 0 Å². The van der Waals surface area contributed by atoms with Crippen molar-refractivity contribution < 1.29 is 9.18 Å². The van der Waals surface area contributed by atoms with E-state index >= 15 is 0 Å². The van der Waals surface area contributed by atoms with Gasteiger partial charge in [0.2, 0.25) is 11.1 Å². The number of aromatic nitrogens is 3. The molecule has 0 atom stereocenters. The zero-order valence-electron chi connectivity index (χ0n) is 15.9. The Morgan fingerprint density at radius 2 is 2.00 bits per heavy atom. The molecule has 29 heavy (non-hydrogen) atoms. The van der Waals surface area contributed by atoms with E-state index in [2.05, 4.69) is 26.0 Å². The number of halogens is 1. The molecule has 10 heteroatoms. The summed E-state index contributed by atoms with van der Waals surface area (Å²) in [5, 5.41) is 15.1. The van der Waals surface area contributed by atoms with Crippen molar-refractivity contribution in [3.05, 3.63) is 65.0 Å². The number of anilines is 2. The van der Waals surface area contributed by atoms with Crippen LogP contribution in [0.15, 0.2) is 52.7 Å². The SMILES string of the molecule is Cc1ccc(NC(=O)CSc2nnc(N/N=C/c3ccc(F)cc3)n2N)c(C)c1. The first-order valence-corrected chi connectivity index (χ1v) is 9.66. The number of carbonyl (C=O) groups excluding carboxylic acids is 1. The molecule has 0 aliphatic carbocycles. The minimum atomic E-state index is -0.319. The normalized spacial score (nSPS) is 11.0. The van der Waals surface area contributed by atoms with Crippen LogP contribution >= 0.6 is 11.8 Å². The van der Waals surface area contributed by atoms with E-state index in [9.17, 15) is 9.18 Å². The number of nitrogens with one attached hydrogen (secondary N) is 2. The third-order valence-electron chi connectivity index (χ3n) is 3.90. The molecule has 0 radical (unpaired) electrons. The molecule has 1 amide bonds. The van der Waals surface area contributed by atoms with Crippen LogP contribution in [0.2, 0.25) is 0 Å². The summed E-state index contributed by atoms with van der Waals surface area (Å²) >= 11 is 1.15. The van der Waals surface area contributed by atoms with Crippen molar-refractivity contribution in [1.29, 1.82) is 0 Å². The largest absolute Gasteiger partial charge is 0.334 e. The summed E-state index contributed by atoms with van der Waals surface area (Å²) in [5.74, 6) is 5.78. The van der Waals surface area contributed by atoms with Crippen molar-refractivity contribution in [1.82, 2.24) is 14.9 Å². The Bertz CT molecular complexity index is 1030. The second-order valence-corrected chi connectivity index (χ2v) is 7.20. The van der Waals surface area contributed by atoms with Gasteiger partial charge in [0.1, 0.15) is 5.82 Å². The third-order valence-corrected chi connectivity index (χ3v) is 4.84. The van der Waals surface area contributed by atoms with Gasteiger partial charge in [0.05, 0.1) is 12.0 Å². The molecule has 0 aliphatic rings. The average Bonchev–Trinajstić information content (AvgIpc) is 3.04. The highest BCUT2D eigenvalue weighted by molar-refractivity contribution is 7.99. The number of rotatable bonds is 7. The van der Waals surface area contributed by atoms with Crippen molar-refractivity contribution in [2.45, 2.75) is 19.0 Å². The Morgan fingerprint density at radius 3 is 2.72 bits per heavy atom. The number of hydrazone groups is 1. The standard InChI is InChI=1S/C19H20FN7OS/c1-12-3-8-16(13(2)9-12)23-17(28)11-29-19-26-25-18(27(19)21)24-22-10-14-4-6-15(20)7-5-14/h3-10H,11,21H2,1-2H3,(H,23,28)(H,24,25)/b22-10+. The summed E-state index contributed by atoms with van der Waals surface area (Å²) in [5.41, 5.74) is 6.27. The fourth-order valence-electron chi connectivity index (χ4n) is 2.44. The van der Waals surface area contributed by atoms with Crippen molar-refractivity contribution in [2.75, 3.05) is 22.3 Å². The number of aryl methyl sites for hydroxylation is 2. The van der Waals surface area contributed by atoms with Gasteiger partial charge in [0, 0.05) is 5.69 Å². The van der Waals surface area contributed by atoms with Crippen LogP contribution in [-0.2, 0) is 4.79 Å². The molecule has 150 valence electrons. The summed E-state index contributed by atoms with van der Waals surface area (Å²) < 4.78 is 14.1. The molecule has 3 rings (SSSR count). The number of hydrogen-bond acceptors (Lipinski definition) is 7. The van der Waals surface area contributed by atoms with Gasteiger partial charge in [-0.2, -0.15) is 5.10 Å². The van der Waals surface area contributed by atoms with Crippen LogP contribution in [0.3, 0.4) is 0 Å². The smallest absolute Gasteiger partial charge is 0.264 e. The van der Waals surface area contributed by atoms with Gasteiger partial charge in [-0.05, 0) is 43.2 Å². The van der Waals surface area contributed by atoms with Gasteiger partial charge in [-0.3, -0.25) is 4.79 Å². The maximum absolute atomic E-state index is 12.9. The van der Waals surface area contributed by atoms with Gasteiger partial charge in [-0.15, -0.1) is 10.2 Å². The number of benzene rings is 2. The summed E-state index contributed by atoms with van der Waals surface area (Å²) in [6.07, 6.45) is 1.50. The zero-order valence-corrected chi connectivity index (χ0v) is 16.7. The highest BCUT2D eigenvalue weighted by Crippen LogP contribution is 2.19. The van der Waals surface area contributed by atoms with Gasteiger partial charge >= 0.3 is 0 Å². The maximum Gasteiger partial charge on any atom is 0.264 e. The first-order valence-electron chi connectivity index (χ1n) is 8.67. The first kappa shape index (κ1) is 20.3. The number of nitrogens with two attached hydrogens (primary N) is 1. The van der Waals surface area contributed by atoms with Crippen LogP contribution in [0.4, 0.5) is 16.0 Å². The Balaban J connectivity index is 1.53. The van der Waals surface area contributed by atoms with E-state index in [4.69, 9.17) is 5.84 Å². The fourth-order valence-corrected chi connectivity index (χ4v) is 3.09. The molecule has 1 aromatic heterocycles. The van der Waals surface area contributed by atoms with Gasteiger partial charge < -0.3 is 11.2 Å². The molecule has 0 saturated heterocycles. The lowest BCUT2D eigenvalue weighted by Crippen LogP contribution is -2.17. The van der Waals surface area contributed by atoms with Crippen molar-refractivity contribution >= 4 is 35.5 Å². The molecule has 0 aliphatic heterocycles. The summed E-state index contributed by atoms with van der Waals surface area (Å²) in [7, 11) is 0. The van der Waals surface area contributed by atoms with Gasteiger partial charge in [0.15, 0.2) is 0 Å². The van der Waals surface area contributed by atoms with Crippen molar-refractivity contribution in [3.8, 4) is 0 Å². The molecular weight excluding hydrogens is 393 g/mol. The number of hydrogen-bond donors (Lipinski definition) is 3. The zero-order chi connectivity index (χ0) is 20.8. The van der Waals surface area contributed by atoms with E-state index in [-0.39, 0.29) is 23.4 Å².